The summed E-state index contributed by atoms with van der Waals surface area (Å²) in [6.07, 6.45) is 0.574. The highest BCUT2D eigenvalue weighted by atomic mass is 16.5. The van der Waals surface area contributed by atoms with E-state index in [0.717, 1.165) is 16.8 Å². The van der Waals surface area contributed by atoms with Crippen LogP contribution < -0.4 is 18.9 Å². The van der Waals surface area contributed by atoms with E-state index in [-0.39, 0.29) is 11.9 Å². The fraction of sp³-hybridized carbons (Fsp3) is 0.333. The predicted octanol–water partition coefficient (Wildman–Crippen LogP) is 3.42. The summed E-state index contributed by atoms with van der Waals surface area (Å²) < 4.78 is 21.4. The van der Waals surface area contributed by atoms with Gasteiger partial charge in [-0.15, -0.1) is 0 Å². The summed E-state index contributed by atoms with van der Waals surface area (Å²) in [5.41, 5.74) is 2.61. The van der Waals surface area contributed by atoms with Gasteiger partial charge < -0.3 is 18.9 Å². The first kappa shape index (κ1) is 19.5. The third-order valence-electron chi connectivity index (χ3n) is 4.74. The second-order valence-electron chi connectivity index (χ2n) is 6.31. The molecule has 0 bridgehead atoms. The van der Waals surface area contributed by atoms with Gasteiger partial charge in [0.15, 0.2) is 23.0 Å². The Labute approximate surface area is 164 Å². The van der Waals surface area contributed by atoms with Gasteiger partial charge in [0.25, 0.3) is 0 Å². The highest BCUT2D eigenvalue weighted by Crippen LogP contribution is 2.38. The van der Waals surface area contributed by atoms with Crippen molar-refractivity contribution in [1.29, 1.82) is 0 Å². The van der Waals surface area contributed by atoms with Crippen molar-refractivity contribution in [2.24, 2.45) is 5.10 Å². The lowest BCUT2D eigenvalue weighted by Gasteiger charge is -2.21. The van der Waals surface area contributed by atoms with Gasteiger partial charge in [0.05, 0.1) is 40.2 Å². The number of nitrogens with zero attached hydrogens (tertiary/aromatic N) is 2. The molecule has 0 N–H and O–H groups in total. The molecule has 1 aliphatic rings. The predicted molar refractivity (Wildman–Crippen MR) is 106 cm³/mol. The first-order chi connectivity index (χ1) is 13.5. The zero-order valence-corrected chi connectivity index (χ0v) is 16.7. The number of amides is 1. The second kappa shape index (κ2) is 8.21. The molecule has 0 unspecified atom stereocenters. The van der Waals surface area contributed by atoms with Gasteiger partial charge >= 0.3 is 0 Å². The third-order valence-corrected chi connectivity index (χ3v) is 4.74. The monoisotopic (exact) mass is 384 g/mol. The molecule has 0 aliphatic carbocycles. The SMILES string of the molecule is COc1ccc(C2=NN(C(C)=O)[C@@H](c3ccc(OC)c(OC)c3)C2)cc1OC. The topological polar surface area (TPSA) is 69.6 Å². The van der Waals surface area contributed by atoms with Crippen molar-refractivity contribution in [2.75, 3.05) is 28.4 Å². The fourth-order valence-corrected chi connectivity index (χ4v) is 3.31. The molecule has 7 nitrogen and oxygen atoms in total. The fourth-order valence-electron chi connectivity index (χ4n) is 3.31. The average molecular weight is 384 g/mol. The lowest BCUT2D eigenvalue weighted by Crippen LogP contribution is -2.24. The molecule has 2 aromatic rings. The molecule has 0 saturated carbocycles. The minimum absolute atomic E-state index is 0.129. The van der Waals surface area contributed by atoms with Crippen molar-refractivity contribution in [3.05, 3.63) is 47.5 Å². The Morgan fingerprint density at radius 2 is 1.46 bits per heavy atom. The van der Waals surface area contributed by atoms with Crippen LogP contribution in [0.1, 0.15) is 30.5 Å². The Bertz CT molecular complexity index is 910. The van der Waals surface area contributed by atoms with Gasteiger partial charge in [0, 0.05) is 18.9 Å². The molecule has 0 fully saturated rings. The molecule has 0 spiro atoms. The molecule has 148 valence electrons. The van der Waals surface area contributed by atoms with E-state index in [1.165, 1.54) is 11.9 Å². The molecule has 1 amide bonds. The standard InChI is InChI=1S/C21H24N2O5/c1-13(24)23-17(15-7-9-19(26-3)21(11-15)28-5)12-16(22-23)14-6-8-18(25-2)20(10-14)27-4/h6-11,17H,12H2,1-5H3/t17-/m1/s1. The lowest BCUT2D eigenvalue weighted by molar-refractivity contribution is -0.130. The quantitative estimate of drug-likeness (QED) is 0.763. The van der Waals surface area contributed by atoms with E-state index in [0.29, 0.717) is 29.4 Å². The van der Waals surface area contributed by atoms with E-state index >= 15 is 0 Å². The van der Waals surface area contributed by atoms with Crippen molar-refractivity contribution in [2.45, 2.75) is 19.4 Å². The van der Waals surface area contributed by atoms with Crippen LogP contribution in [0.15, 0.2) is 41.5 Å². The maximum atomic E-state index is 12.2. The number of hydrazone groups is 1. The van der Waals surface area contributed by atoms with Gasteiger partial charge in [0.1, 0.15) is 0 Å². The van der Waals surface area contributed by atoms with Gasteiger partial charge in [-0.3, -0.25) is 4.79 Å². The summed E-state index contributed by atoms with van der Waals surface area (Å²) >= 11 is 0. The smallest absolute Gasteiger partial charge is 0.240 e. The first-order valence-electron chi connectivity index (χ1n) is 8.84. The maximum absolute atomic E-state index is 12.2. The molecule has 0 radical (unpaired) electrons. The van der Waals surface area contributed by atoms with E-state index in [2.05, 4.69) is 5.10 Å². The number of hydrogen-bond donors (Lipinski definition) is 0. The van der Waals surface area contributed by atoms with Crippen molar-refractivity contribution >= 4 is 11.6 Å². The van der Waals surface area contributed by atoms with E-state index in [9.17, 15) is 4.79 Å². The molecule has 2 aromatic carbocycles. The molecule has 1 atom stereocenters. The first-order valence-corrected chi connectivity index (χ1v) is 8.84. The molecule has 3 rings (SSSR count). The van der Waals surface area contributed by atoms with Crippen molar-refractivity contribution < 1.29 is 23.7 Å². The van der Waals surface area contributed by atoms with E-state index in [1.54, 1.807) is 28.4 Å². The van der Waals surface area contributed by atoms with Crippen LogP contribution in [0.25, 0.3) is 0 Å². The van der Waals surface area contributed by atoms with Crippen LogP contribution in [0.5, 0.6) is 23.0 Å². The van der Waals surface area contributed by atoms with Gasteiger partial charge in [-0.2, -0.15) is 5.10 Å². The van der Waals surface area contributed by atoms with Crippen molar-refractivity contribution in [3.63, 3.8) is 0 Å². The highest BCUT2D eigenvalue weighted by Gasteiger charge is 2.32. The average Bonchev–Trinajstić information content (AvgIpc) is 3.18. The van der Waals surface area contributed by atoms with Gasteiger partial charge in [-0.05, 0) is 35.9 Å². The van der Waals surface area contributed by atoms with Crippen molar-refractivity contribution in [1.82, 2.24) is 5.01 Å². The summed E-state index contributed by atoms with van der Waals surface area (Å²) in [7, 11) is 6.36. The van der Waals surface area contributed by atoms with E-state index < -0.39 is 0 Å². The van der Waals surface area contributed by atoms with E-state index in [4.69, 9.17) is 18.9 Å². The number of hydrogen-bond acceptors (Lipinski definition) is 6. The number of benzene rings is 2. The molecule has 0 aromatic heterocycles. The Balaban J connectivity index is 1.96. The van der Waals surface area contributed by atoms with Crippen LogP contribution in [-0.2, 0) is 4.79 Å². The minimum Gasteiger partial charge on any atom is -0.493 e. The molecule has 28 heavy (non-hydrogen) atoms. The molecule has 1 heterocycles. The Morgan fingerprint density at radius 3 is 2.04 bits per heavy atom. The number of rotatable bonds is 6. The summed E-state index contributed by atoms with van der Waals surface area (Å²) in [4.78, 5) is 12.2. The minimum atomic E-state index is -0.222. The summed E-state index contributed by atoms with van der Waals surface area (Å²) in [6, 6.07) is 11.0. The zero-order valence-electron chi connectivity index (χ0n) is 16.7. The largest absolute Gasteiger partial charge is 0.493 e. The van der Waals surface area contributed by atoms with Crippen LogP contribution in [0, 0.1) is 0 Å². The Hall–Kier alpha value is -3.22. The third kappa shape index (κ3) is 3.60. The van der Waals surface area contributed by atoms with Crippen LogP contribution in [0.4, 0.5) is 0 Å². The Morgan fingerprint density at radius 1 is 0.893 bits per heavy atom. The maximum Gasteiger partial charge on any atom is 0.240 e. The van der Waals surface area contributed by atoms with Crippen LogP contribution in [-0.4, -0.2) is 45.1 Å². The van der Waals surface area contributed by atoms with Crippen LogP contribution in [0.2, 0.25) is 0 Å². The molecule has 0 saturated heterocycles. The number of carbonyl (C=O) groups excluding carboxylic acids is 1. The molecule has 7 heteroatoms. The molecular weight excluding hydrogens is 360 g/mol. The van der Waals surface area contributed by atoms with E-state index in [1.807, 2.05) is 36.4 Å². The zero-order chi connectivity index (χ0) is 20.3. The second-order valence-corrected chi connectivity index (χ2v) is 6.31. The Kier molecular flexibility index (Phi) is 5.73. The summed E-state index contributed by atoms with van der Waals surface area (Å²) in [5, 5.41) is 6.08. The summed E-state index contributed by atoms with van der Waals surface area (Å²) in [5.74, 6) is 2.38. The lowest BCUT2D eigenvalue weighted by atomic mass is 9.97. The number of ether oxygens (including phenoxy) is 4. The van der Waals surface area contributed by atoms with Crippen LogP contribution >= 0.6 is 0 Å². The molecule has 1 aliphatic heterocycles. The summed E-state index contributed by atoms with van der Waals surface area (Å²) in [6.45, 7) is 1.51. The van der Waals surface area contributed by atoms with Crippen LogP contribution in [0.3, 0.4) is 0 Å². The molecular formula is C21H24N2O5. The highest BCUT2D eigenvalue weighted by molar-refractivity contribution is 6.03. The van der Waals surface area contributed by atoms with Gasteiger partial charge in [-0.25, -0.2) is 5.01 Å². The van der Waals surface area contributed by atoms with Crippen molar-refractivity contribution in [3.8, 4) is 23.0 Å². The number of carbonyl (C=O) groups is 1. The van der Waals surface area contributed by atoms with Gasteiger partial charge in [0.2, 0.25) is 5.91 Å². The number of methoxy groups -OCH3 is 4. The normalized spacial score (nSPS) is 15.8. The van der Waals surface area contributed by atoms with Gasteiger partial charge in [-0.1, -0.05) is 6.07 Å².